The molecule has 1 aliphatic rings. The number of rotatable bonds is 2. The second kappa shape index (κ2) is 5.83. The van der Waals surface area contributed by atoms with Crippen molar-refractivity contribution in [2.24, 2.45) is 0 Å². The summed E-state index contributed by atoms with van der Waals surface area (Å²) in [5, 5.41) is 12.0. The Morgan fingerprint density at radius 1 is 1.30 bits per heavy atom. The second-order valence-corrected chi connectivity index (χ2v) is 6.33. The van der Waals surface area contributed by atoms with Gasteiger partial charge in [0.1, 0.15) is 6.07 Å². The molecule has 1 saturated heterocycles. The Kier molecular flexibility index (Phi) is 4.33. The lowest BCUT2D eigenvalue weighted by atomic mass is 10.1. The number of halogens is 3. The lowest BCUT2D eigenvalue weighted by molar-refractivity contribution is -0.137. The Hall–Kier alpha value is -1.55. The molecule has 0 radical (unpaired) electrons. The monoisotopic (exact) mass is 302 g/mol. The molecule has 0 aliphatic carbocycles. The molecule has 0 spiro atoms. The molecule has 1 heterocycles. The average Bonchev–Trinajstić information content (AvgIpc) is 2.40. The molecule has 0 bridgehead atoms. The van der Waals surface area contributed by atoms with Crippen LogP contribution in [0.3, 0.4) is 0 Å². The smallest absolute Gasteiger partial charge is 0.381 e. The predicted molar refractivity (Wildman–Crippen MR) is 70.7 cm³/mol. The van der Waals surface area contributed by atoms with Gasteiger partial charge >= 0.3 is 6.18 Å². The van der Waals surface area contributed by atoms with E-state index in [1.54, 1.807) is 6.07 Å². The third kappa shape index (κ3) is 3.51. The highest BCUT2D eigenvalue weighted by molar-refractivity contribution is 7.85. The van der Waals surface area contributed by atoms with Crippen molar-refractivity contribution in [1.82, 2.24) is 0 Å². The fourth-order valence-electron chi connectivity index (χ4n) is 2.10. The van der Waals surface area contributed by atoms with Crippen molar-refractivity contribution < 1.29 is 17.4 Å². The van der Waals surface area contributed by atoms with E-state index in [9.17, 15) is 17.4 Å². The molecule has 2 rings (SSSR count). The van der Waals surface area contributed by atoms with E-state index < -0.39 is 22.5 Å². The number of benzene rings is 1. The molecule has 3 nitrogen and oxygen atoms in total. The SMILES string of the molecule is N#Cc1cc(C(F)(F)F)ccc1NC1CCS(=O)CC1. The molecule has 0 aromatic heterocycles. The summed E-state index contributed by atoms with van der Waals surface area (Å²) in [5.41, 5.74) is -0.450. The third-order valence-corrected chi connectivity index (χ3v) is 4.60. The van der Waals surface area contributed by atoms with Crippen molar-refractivity contribution in [2.75, 3.05) is 16.8 Å². The largest absolute Gasteiger partial charge is 0.416 e. The highest BCUT2D eigenvalue weighted by atomic mass is 32.2. The Morgan fingerprint density at radius 3 is 2.50 bits per heavy atom. The second-order valence-electron chi connectivity index (χ2n) is 4.64. The Bertz CT molecular complexity index is 556. The van der Waals surface area contributed by atoms with Crippen LogP contribution in [-0.4, -0.2) is 21.8 Å². The quantitative estimate of drug-likeness (QED) is 0.914. The lowest BCUT2D eigenvalue weighted by Gasteiger charge is -2.24. The summed E-state index contributed by atoms with van der Waals surface area (Å²) in [6.45, 7) is 0. The number of hydrogen-bond donors (Lipinski definition) is 1. The summed E-state index contributed by atoms with van der Waals surface area (Å²) in [6.07, 6.45) is -3.07. The van der Waals surface area contributed by atoms with Gasteiger partial charge in [0.2, 0.25) is 0 Å². The molecule has 1 aromatic carbocycles. The summed E-state index contributed by atoms with van der Waals surface area (Å²) in [7, 11) is -0.795. The first-order chi connectivity index (χ1) is 9.40. The molecule has 0 unspecified atom stereocenters. The number of anilines is 1. The number of nitrogens with one attached hydrogen (secondary N) is 1. The first-order valence-corrected chi connectivity index (χ1v) is 7.62. The van der Waals surface area contributed by atoms with Gasteiger partial charge in [0.05, 0.1) is 16.8 Å². The number of nitriles is 1. The van der Waals surface area contributed by atoms with E-state index in [1.807, 2.05) is 0 Å². The van der Waals surface area contributed by atoms with Crippen LogP contribution in [0.25, 0.3) is 0 Å². The molecule has 1 aromatic rings. The van der Waals surface area contributed by atoms with Gasteiger partial charge in [-0.1, -0.05) is 0 Å². The van der Waals surface area contributed by atoms with Gasteiger partial charge in [-0.25, -0.2) is 0 Å². The predicted octanol–water partition coefficient (Wildman–Crippen LogP) is 2.90. The maximum absolute atomic E-state index is 12.6. The van der Waals surface area contributed by atoms with Gasteiger partial charge in [-0.15, -0.1) is 0 Å². The van der Waals surface area contributed by atoms with Crippen molar-refractivity contribution >= 4 is 16.5 Å². The maximum atomic E-state index is 12.6. The molecular weight excluding hydrogens is 289 g/mol. The van der Waals surface area contributed by atoms with Crippen LogP contribution >= 0.6 is 0 Å². The highest BCUT2D eigenvalue weighted by Gasteiger charge is 2.31. The summed E-state index contributed by atoms with van der Waals surface area (Å²) in [5.74, 6) is 1.17. The van der Waals surface area contributed by atoms with Crippen LogP contribution in [-0.2, 0) is 17.0 Å². The van der Waals surface area contributed by atoms with Crippen LogP contribution in [0.4, 0.5) is 18.9 Å². The molecular formula is C13H13F3N2OS. The standard InChI is InChI=1S/C13H13F3N2OS/c14-13(15,16)10-1-2-12(9(7-10)8-17)18-11-3-5-20(19)6-4-11/h1-2,7,11,18H,3-6H2. The van der Waals surface area contributed by atoms with Crippen LogP contribution in [0.5, 0.6) is 0 Å². The van der Waals surface area contributed by atoms with Gasteiger partial charge in [0.25, 0.3) is 0 Å². The van der Waals surface area contributed by atoms with Crippen LogP contribution in [0, 0.1) is 11.3 Å². The molecule has 0 saturated carbocycles. The first-order valence-electron chi connectivity index (χ1n) is 6.13. The van der Waals surface area contributed by atoms with Crippen molar-refractivity contribution in [2.45, 2.75) is 25.1 Å². The zero-order chi connectivity index (χ0) is 14.8. The fraction of sp³-hybridized carbons (Fsp3) is 0.462. The van der Waals surface area contributed by atoms with Crippen molar-refractivity contribution in [3.63, 3.8) is 0 Å². The van der Waals surface area contributed by atoms with E-state index in [2.05, 4.69) is 5.32 Å². The molecule has 1 fully saturated rings. The Morgan fingerprint density at radius 2 is 1.95 bits per heavy atom. The normalized spacial score (nSPS) is 23.1. The molecule has 0 atom stereocenters. The van der Waals surface area contributed by atoms with E-state index in [-0.39, 0.29) is 11.6 Å². The minimum atomic E-state index is -4.45. The average molecular weight is 302 g/mol. The Balaban J connectivity index is 2.16. The summed E-state index contributed by atoms with van der Waals surface area (Å²) in [6, 6.07) is 4.93. The number of alkyl halides is 3. The highest BCUT2D eigenvalue weighted by Crippen LogP contribution is 2.32. The van der Waals surface area contributed by atoms with Gasteiger partial charge in [-0.2, -0.15) is 18.4 Å². The van der Waals surface area contributed by atoms with Gasteiger partial charge in [0.15, 0.2) is 0 Å². The summed E-state index contributed by atoms with van der Waals surface area (Å²) >= 11 is 0. The van der Waals surface area contributed by atoms with Crippen LogP contribution in [0.2, 0.25) is 0 Å². The van der Waals surface area contributed by atoms with E-state index in [1.165, 1.54) is 6.07 Å². The lowest BCUT2D eigenvalue weighted by Crippen LogP contribution is -2.29. The number of nitrogens with zero attached hydrogens (tertiary/aromatic N) is 1. The van der Waals surface area contributed by atoms with E-state index in [0.29, 0.717) is 30.0 Å². The van der Waals surface area contributed by atoms with Crippen LogP contribution < -0.4 is 5.32 Å². The van der Waals surface area contributed by atoms with E-state index >= 15 is 0 Å². The summed E-state index contributed by atoms with van der Waals surface area (Å²) in [4.78, 5) is 0. The van der Waals surface area contributed by atoms with Crippen molar-refractivity contribution in [3.05, 3.63) is 29.3 Å². The summed E-state index contributed by atoms with van der Waals surface area (Å²) < 4.78 is 49.0. The minimum absolute atomic E-state index is 0.0217. The van der Waals surface area contributed by atoms with Crippen molar-refractivity contribution in [3.8, 4) is 6.07 Å². The zero-order valence-corrected chi connectivity index (χ0v) is 11.4. The van der Waals surface area contributed by atoms with Gasteiger partial charge in [-0.05, 0) is 31.0 Å². The van der Waals surface area contributed by atoms with Gasteiger partial charge in [0, 0.05) is 28.3 Å². The van der Waals surface area contributed by atoms with Gasteiger partial charge in [-0.3, -0.25) is 4.21 Å². The molecule has 1 N–H and O–H groups in total. The number of hydrogen-bond acceptors (Lipinski definition) is 3. The van der Waals surface area contributed by atoms with Crippen LogP contribution in [0.15, 0.2) is 18.2 Å². The third-order valence-electron chi connectivity index (χ3n) is 3.21. The topological polar surface area (TPSA) is 52.9 Å². The molecule has 20 heavy (non-hydrogen) atoms. The fourth-order valence-corrected chi connectivity index (χ4v) is 3.40. The van der Waals surface area contributed by atoms with Crippen molar-refractivity contribution in [1.29, 1.82) is 5.26 Å². The molecule has 108 valence electrons. The zero-order valence-electron chi connectivity index (χ0n) is 10.5. The maximum Gasteiger partial charge on any atom is 0.416 e. The first kappa shape index (κ1) is 14.9. The van der Waals surface area contributed by atoms with E-state index in [4.69, 9.17) is 5.26 Å². The minimum Gasteiger partial charge on any atom is -0.381 e. The van der Waals surface area contributed by atoms with Gasteiger partial charge < -0.3 is 5.32 Å². The molecule has 7 heteroatoms. The molecule has 1 aliphatic heterocycles. The van der Waals surface area contributed by atoms with E-state index in [0.717, 1.165) is 12.1 Å². The molecule has 0 amide bonds. The van der Waals surface area contributed by atoms with Crippen LogP contribution in [0.1, 0.15) is 24.0 Å². The Labute approximate surface area is 117 Å².